The Kier molecular flexibility index (Phi) is 17.6. The van der Waals surface area contributed by atoms with Crippen LogP contribution in [0.3, 0.4) is 0 Å². The molecule has 2 rings (SSSR count). The Labute approximate surface area is 174 Å². The van der Waals surface area contributed by atoms with Crippen LogP contribution in [-0.4, -0.2) is 0 Å². The molecule has 0 radical (unpaired) electrons. The van der Waals surface area contributed by atoms with Crippen molar-refractivity contribution < 1.29 is 50.7 Å². The minimum absolute atomic E-state index is 0. The summed E-state index contributed by atoms with van der Waals surface area (Å²) in [5.74, 6) is 1.56. The molecule has 2 aromatic rings. The van der Waals surface area contributed by atoms with E-state index in [0.29, 0.717) is 0 Å². The van der Waals surface area contributed by atoms with Gasteiger partial charge in [0.15, 0.2) is 0 Å². The summed E-state index contributed by atoms with van der Waals surface area (Å²) >= 11 is 0. The molecule has 0 aromatic heterocycles. The summed E-state index contributed by atoms with van der Waals surface area (Å²) in [5, 5.41) is 0. The van der Waals surface area contributed by atoms with Gasteiger partial charge in [0.25, 0.3) is 0 Å². The van der Waals surface area contributed by atoms with E-state index in [1.807, 2.05) is 0 Å². The van der Waals surface area contributed by atoms with Crippen molar-refractivity contribution in [3.8, 4) is 0 Å². The second kappa shape index (κ2) is 14.5. The van der Waals surface area contributed by atoms with Crippen molar-refractivity contribution in [3.05, 3.63) is 58.7 Å². The molecule has 2 aromatic carbocycles. The molecule has 0 saturated heterocycles. The van der Waals surface area contributed by atoms with Gasteiger partial charge in [0.1, 0.15) is 0 Å². The molecule has 0 aliphatic rings. The fraction of sp³-hybridized carbons (Fsp3) is 0.500. The fourth-order valence-corrected chi connectivity index (χ4v) is 2.43. The van der Waals surface area contributed by atoms with Gasteiger partial charge in [0.05, 0.1) is 0 Å². The van der Waals surface area contributed by atoms with E-state index in [4.69, 9.17) is 0 Å². The Morgan fingerprint density at radius 1 is 0.739 bits per heavy atom. The van der Waals surface area contributed by atoms with Crippen LogP contribution in [0.25, 0.3) is 0 Å². The van der Waals surface area contributed by atoms with Gasteiger partial charge < -0.3 is 24.8 Å². The van der Waals surface area contributed by atoms with Crippen molar-refractivity contribution in [1.82, 2.24) is 0 Å². The van der Waals surface area contributed by atoms with Gasteiger partial charge in [0.2, 0.25) is 0 Å². The minimum atomic E-state index is 0. The number of rotatable bonds is 4. The molecular formula is C20H30Cl2Hf. The van der Waals surface area contributed by atoms with Crippen LogP contribution in [-0.2, 0) is 38.7 Å². The van der Waals surface area contributed by atoms with E-state index in [1.165, 1.54) is 35.1 Å². The topological polar surface area (TPSA) is 0 Å². The zero-order valence-electron chi connectivity index (χ0n) is 15.3. The van der Waals surface area contributed by atoms with Crippen LogP contribution in [0.4, 0.5) is 0 Å². The molecule has 0 aliphatic heterocycles. The van der Waals surface area contributed by atoms with Crippen LogP contribution in [0.2, 0.25) is 0 Å². The van der Waals surface area contributed by atoms with Gasteiger partial charge in [-0.05, 0) is 0 Å². The van der Waals surface area contributed by atoms with Crippen molar-refractivity contribution in [1.29, 1.82) is 0 Å². The predicted molar refractivity (Wildman–Crippen MR) is 90.6 cm³/mol. The summed E-state index contributed by atoms with van der Waals surface area (Å²) in [6, 6.07) is 13.1. The molecule has 0 nitrogen and oxygen atoms in total. The standard InChI is InChI=1S/2C10H15.2ClH.Hf/c2*1-8(2)7-10-6-4-5-9(10)3;;;/h2*4-6,8H,7H2,1-3H3;2*1H;/q2*-1;;;+4/p-2. The van der Waals surface area contributed by atoms with Crippen molar-refractivity contribution in [2.75, 3.05) is 0 Å². The summed E-state index contributed by atoms with van der Waals surface area (Å²) in [5.41, 5.74) is 5.90. The zero-order valence-corrected chi connectivity index (χ0v) is 20.4. The van der Waals surface area contributed by atoms with Crippen LogP contribution in [0, 0.1) is 25.7 Å². The Hall–Kier alpha value is 0.150. The Morgan fingerprint density at radius 2 is 1.04 bits per heavy atom. The third kappa shape index (κ3) is 11.3. The molecule has 0 bridgehead atoms. The van der Waals surface area contributed by atoms with E-state index in [2.05, 4.69) is 77.9 Å². The molecule has 0 unspecified atom stereocenters. The molecule has 0 saturated carbocycles. The molecule has 0 aliphatic carbocycles. The van der Waals surface area contributed by atoms with Crippen molar-refractivity contribution >= 4 is 0 Å². The van der Waals surface area contributed by atoms with Crippen LogP contribution in [0.5, 0.6) is 0 Å². The van der Waals surface area contributed by atoms with Gasteiger partial charge >= 0.3 is 25.8 Å². The Bertz CT molecular complexity index is 449. The number of hydrogen-bond acceptors (Lipinski definition) is 0. The first kappa shape index (κ1) is 28.0. The first-order chi connectivity index (χ1) is 9.40. The average Bonchev–Trinajstić information content (AvgIpc) is 2.90. The minimum Gasteiger partial charge on any atom is -1.00 e. The average molecular weight is 520 g/mol. The first-order valence-corrected chi connectivity index (χ1v) is 7.82. The van der Waals surface area contributed by atoms with E-state index in [9.17, 15) is 0 Å². The van der Waals surface area contributed by atoms with Gasteiger partial charge in [-0.25, -0.2) is 24.3 Å². The third-order valence-electron chi connectivity index (χ3n) is 3.56. The maximum Gasteiger partial charge on any atom is 4.00 e. The number of halogens is 2. The van der Waals surface area contributed by atoms with E-state index < -0.39 is 0 Å². The van der Waals surface area contributed by atoms with E-state index >= 15 is 0 Å². The molecule has 0 amide bonds. The molecule has 23 heavy (non-hydrogen) atoms. The van der Waals surface area contributed by atoms with Crippen LogP contribution in [0.1, 0.15) is 49.9 Å². The van der Waals surface area contributed by atoms with Crippen molar-refractivity contribution in [2.45, 2.75) is 54.4 Å². The van der Waals surface area contributed by atoms with Gasteiger partial charge in [-0.3, -0.25) is 0 Å². The summed E-state index contributed by atoms with van der Waals surface area (Å²) < 4.78 is 0. The molecule has 0 fully saturated rings. The second-order valence-corrected chi connectivity index (χ2v) is 6.66. The summed E-state index contributed by atoms with van der Waals surface area (Å²) in [7, 11) is 0. The zero-order chi connectivity index (χ0) is 15.1. The van der Waals surface area contributed by atoms with Gasteiger partial charge in [-0.15, -0.1) is 0 Å². The molecule has 3 heteroatoms. The van der Waals surface area contributed by atoms with Gasteiger partial charge in [-0.1, -0.05) is 66.2 Å². The largest absolute Gasteiger partial charge is 4.00 e. The molecule has 128 valence electrons. The SMILES string of the molecule is Cc1ccc[c-]1CC(C)C.Cc1ccc[c-]1CC(C)C.[Cl-].[Cl-].[Hf+4]. The van der Waals surface area contributed by atoms with E-state index in [0.717, 1.165) is 11.8 Å². The summed E-state index contributed by atoms with van der Waals surface area (Å²) in [6.45, 7) is 13.4. The Balaban J connectivity index is -0.000000308. The van der Waals surface area contributed by atoms with Crippen LogP contribution in [0.15, 0.2) is 36.4 Å². The molecule has 0 atom stereocenters. The van der Waals surface area contributed by atoms with Crippen LogP contribution >= 0.6 is 0 Å². The molecule has 0 N–H and O–H groups in total. The Morgan fingerprint density at radius 3 is 1.22 bits per heavy atom. The molecular weight excluding hydrogens is 490 g/mol. The monoisotopic (exact) mass is 520 g/mol. The maximum absolute atomic E-state index is 2.26. The van der Waals surface area contributed by atoms with Crippen molar-refractivity contribution in [3.63, 3.8) is 0 Å². The smallest absolute Gasteiger partial charge is 1.00 e. The summed E-state index contributed by atoms with van der Waals surface area (Å²) in [6.07, 6.45) is 2.44. The summed E-state index contributed by atoms with van der Waals surface area (Å²) in [4.78, 5) is 0. The van der Waals surface area contributed by atoms with Gasteiger partial charge in [-0.2, -0.15) is 34.4 Å². The third-order valence-corrected chi connectivity index (χ3v) is 3.56. The maximum atomic E-state index is 2.26. The second-order valence-electron chi connectivity index (χ2n) is 6.66. The first-order valence-electron chi connectivity index (χ1n) is 7.82. The van der Waals surface area contributed by atoms with E-state index in [1.54, 1.807) is 0 Å². The fourth-order valence-electron chi connectivity index (χ4n) is 2.43. The van der Waals surface area contributed by atoms with E-state index in [-0.39, 0.29) is 50.7 Å². The van der Waals surface area contributed by atoms with Crippen molar-refractivity contribution in [2.24, 2.45) is 11.8 Å². The quantitative estimate of drug-likeness (QED) is 0.389. The predicted octanol–water partition coefficient (Wildman–Crippen LogP) is -0.170. The van der Waals surface area contributed by atoms with Gasteiger partial charge in [0, 0.05) is 0 Å². The normalized spacial score (nSPS) is 9.39. The molecule has 0 spiro atoms. The molecule has 0 heterocycles. The van der Waals surface area contributed by atoms with Crippen LogP contribution < -0.4 is 24.8 Å². The number of aryl methyl sites for hydroxylation is 2. The number of hydrogen-bond donors (Lipinski definition) is 0.